The van der Waals surface area contributed by atoms with Gasteiger partial charge in [0.25, 0.3) is 0 Å². The molecule has 0 bridgehead atoms. The third-order valence-corrected chi connectivity index (χ3v) is 5.99. The van der Waals surface area contributed by atoms with Gasteiger partial charge >= 0.3 is 0 Å². The molecule has 28 heavy (non-hydrogen) atoms. The van der Waals surface area contributed by atoms with Gasteiger partial charge in [-0.3, -0.25) is 4.68 Å². The quantitative estimate of drug-likeness (QED) is 0.510. The monoisotopic (exact) mass is 416 g/mol. The van der Waals surface area contributed by atoms with Crippen LogP contribution in [0, 0.1) is 19.7 Å². The van der Waals surface area contributed by atoms with Crippen LogP contribution in [0.15, 0.2) is 36.5 Å². The van der Waals surface area contributed by atoms with Gasteiger partial charge in [0.1, 0.15) is 16.7 Å². The van der Waals surface area contributed by atoms with Crippen LogP contribution in [0.5, 0.6) is 0 Å². The fourth-order valence-electron chi connectivity index (χ4n) is 2.96. The second-order valence-electron chi connectivity index (χ2n) is 6.39. The predicted molar refractivity (Wildman–Crippen MR) is 110 cm³/mol. The second-order valence-corrected chi connectivity index (χ2v) is 7.75. The van der Waals surface area contributed by atoms with Crippen molar-refractivity contribution in [3.63, 3.8) is 0 Å². The number of anilines is 1. The Hall–Kier alpha value is -2.71. The van der Waals surface area contributed by atoms with Gasteiger partial charge in [-0.05, 0) is 38.1 Å². The van der Waals surface area contributed by atoms with Crippen LogP contribution in [0.1, 0.15) is 17.0 Å². The summed E-state index contributed by atoms with van der Waals surface area (Å²) < 4.78 is 16.8. The van der Waals surface area contributed by atoms with E-state index in [1.54, 1.807) is 15.4 Å². The third kappa shape index (κ3) is 3.53. The normalized spacial score (nSPS) is 11.2. The maximum absolute atomic E-state index is 13.5. The van der Waals surface area contributed by atoms with Crippen LogP contribution in [-0.2, 0) is 13.6 Å². The van der Waals surface area contributed by atoms with Crippen LogP contribution < -0.4 is 5.32 Å². The number of hydrogen-bond acceptors (Lipinski definition) is 5. The van der Waals surface area contributed by atoms with Crippen LogP contribution in [0.3, 0.4) is 0 Å². The van der Waals surface area contributed by atoms with Crippen molar-refractivity contribution < 1.29 is 4.39 Å². The molecule has 0 aliphatic rings. The number of halogens is 2. The molecule has 1 aromatic carbocycles. The average Bonchev–Trinajstić information content (AvgIpc) is 3.33. The standard InChI is InChI=1S/C19H18ClFN6S/c1-11-15(18(20)26(3)24-11)10-22-19-23-12(2)17(28-19)16-7-8-27(25-16)14-6-4-5-13(21)9-14/h4-9H,10H2,1-3H3,(H,22,23). The summed E-state index contributed by atoms with van der Waals surface area (Å²) in [6.07, 6.45) is 1.81. The van der Waals surface area contributed by atoms with Gasteiger partial charge in [0.2, 0.25) is 0 Å². The van der Waals surface area contributed by atoms with Gasteiger partial charge in [0.05, 0.1) is 22.0 Å². The van der Waals surface area contributed by atoms with E-state index in [-0.39, 0.29) is 5.82 Å². The van der Waals surface area contributed by atoms with Crippen molar-refractivity contribution in [2.75, 3.05) is 5.32 Å². The van der Waals surface area contributed by atoms with Crippen LogP contribution in [-0.4, -0.2) is 24.5 Å². The molecule has 0 saturated heterocycles. The number of aryl methyl sites for hydroxylation is 3. The lowest BCUT2D eigenvalue weighted by Crippen LogP contribution is -2.00. The minimum absolute atomic E-state index is 0.292. The first-order chi connectivity index (χ1) is 13.4. The first-order valence-electron chi connectivity index (χ1n) is 8.63. The molecule has 0 aliphatic heterocycles. The first-order valence-corrected chi connectivity index (χ1v) is 9.83. The van der Waals surface area contributed by atoms with Gasteiger partial charge in [-0.15, -0.1) is 0 Å². The Labute approximate surface area is 170 Å². The van der Waals surface area contributed by atoms with Crippen LogP contribution in [0.4, 0.5) is 9.52 Å². The van der Waals surface area contributed by atoms with E-state index in [1.165, 1.54) is 23.5 Å². The molecule has 0 fully saturated rings. The zero-order valence-corrected chi connectivity index (χ0v) is 17.1. The van der Waals surface area contributed by atoms with Gasteiger partial charge in [-0.2, -0.15) is 10.2 Å². The Kier molecular flexibility index (Phi) is 4.91. The average molecular weight is 417 g/mol. The van der Waals surface area contributed by atoms with E-state index < -0.39 is 0 Å². The number of nitrogens with zero attached hydrogens (tertiary/aromatic N) is 5. The number of benzene rings is 1. The Bertz CT molecular complexity index is 1150. The highest BCUT2D eigenvalue weighted by molar-refractivity contribution is 7.19. The Morgan fingerprint density at radius 1 is 1.18 bits per heavy atom. The maximum atomic E-state index is 13.5. The van der Waals surface area contributed by atoms with Crippen molar-refractivity contribution in [3.05, 3.63) is 64.5 Å². The minimum atomic E-state index is -0.292. The van der Waals surface area contributed by atoms with E-state index in [4.69, 9.17) is 11.6 Å². The van der Waals surface area contributed by atoms with E-state index in [0.717, 1.165) is 32.7 Å². The molecule has 0 amide bonds. The first kappa shape index (κ1) is 18.6. The van der Waals surface area contributed by atoms with Gasteiger partial charge < -0.3 is 5.32 Å². The van der Waals surface area contributed by atoms with E-state index >= 15 is 0 Å². The molecule has 4 aromatic rings. The largest absolute Gasteiger partial charge is 0.357 e. The summed E-state index contributed by atoms with van der Waals surface area (Å²) in [5.41, 5.74) is 4.19. The zero-order valence-electron chi connectivity index (χ0n) is 15.6. The van der Waals surface area contributed by atoms with Gasteiger partial charge in [-0.25, -0.2) is 14.1 Å². The van der Waals surface area contributed by atoms with Crippen molar-refractivity contribution in [1.82, 2.24) is 24.5 Å². The molecule has 0 spiro atoms. The van der Waals surface area contributed by atoms with E-state index in [2.05, 4.69) is 20.5 Å². The van der Waals surface area contributed by atoms with Gasteiger partial charge in [0.15, 0.2) is 5.13 Å². The summed E-state index contributed by atoms with van der Waals surface area (Å²) in [4.78, 5) is 5.56. The van der Waals surface area contributed by atoms with Crippen molar-refractivity contribution >= 4 is 28.1 Å². The fourth-order valence-corrected chi connectivity index (χ4v) is 4.12. The van der Waals surface area contributed by atoms with E-state index in [1.807, 2.05) is 39.2 Å². The molecule has 6 nitrogen and oxygen atoms in total. The lowest BCUT2D eigenvalue weighted by atomic mass is 10.3. The summed E-state index contributed by atoms with van der Waals surface area (Å²) in [7, 11) is 1.82. The Balaban J connectivity index is 1.55. The topological polar surface area (TPSA) is 60.6 Å². The van der Waals surface area contributed by atoms with Crippen LogP contribution >= 0.6 is 22.9 Å². The lowest BCUT2D eigenvalue weighted by Gasteiger charge is -2.02. The molecule has 0 unspecified atom stereocenters. The molecule has 0 aliphatic carbocycles. The number of nitrogens with one attached hydrogen (secondary N) is 1. The molecule has 0 saturated carbocycles. The zero-order chi connectivity index (χ0) is 19.8. The van der Waals surface area contributed by atoms with Crippen molar-refractivity contribution in [1.29, 1.82) is 0 Å². The highest BCUT2D eigenvalue weighted by Crippen LogP contribution is 2.32. The summed E-state index contributed by atoms with van der Waals surface area (Å²) in [6.45, 7) is 4.42. The summed E-state index contributed by atoms with van der Waals surface area (Å²) in [5, 5.41) is 13.6. The lowest BCUT2D eigenvalue weighted by molar-refractivity contribution is 0.625. The van der Waals surface area contributed by atoms with Gasteiger partial charge in [-0.1, -0.05) is 29.0 Å². The van der Waals surface area contributed by atoms with Gasteiger partial charge in [0, 0.05) is 25.4 Å². The number of aromatic nitrogens is 5. The highest BCUT2D eigenvalue weighted by Gasteiger charge is 2.15. The fraction of sp³-hybridized carbons (Fsp3) is 0.211. The molecule has 4 rings (SSSR count). The molecule has 3 heterocycles. The summed E-state index contributed by atoms with van der Waals surface area (Å²) >= 11 is 7.81. The van der Waals surface area contributed by atoms with Crippen LogP contribution in [0.25, 0.3) is 16.3 Å². The Morgan fingerprint density at radius 3 is 2.71 bits per heavy atom. The Morgan fingerprint density at radius 2 is 2.00 bits per heavy atom. The van der Waals surface area contributed by atoms with Crippen molar-refractivity contribution in [2.45, 2.75) is 20.4 Å². The molecular formula is C19H18ClFN6S. The molecule has 3 aromatic heterocycles. The minimum Gasteiger partial charge on any atom is -0.357 e. The summed E-state index contributed by atoms with van der Waals surface area (Å²) in [5.74, 6) is -0.292. The molecule has 0 radical (unpaired) electrons. The van der Waals surface area contributed by atoms with Crippen molar-refractivity contribution in [2.24, 2.45) is 7.05 Å². The molecule has 144 valence electrons. The van der Waals surface area contributed by atoms with Crippen LogP contribution in [0.2, 0.25) is 5.15 Å². The van der Waals surface area contributed by atoms with E-state index in [9.17, 15) is 4.39 Å². The maximum Gasteiger partial charge on any atom is 0.183 e. The molecule has 9 heteroatoms. The molecular weight excluding hydrogens is 399 g/mol. The number of rotatable bonds is 5. The smallest absolute Gasteiger partial charge is 0.183 e. The SMILES string of the molecule is Cc1nc(NCc2c(C)nn(C)c2Cl)sc1-c1ccn(-c2cccc(F)c2)n1. The highest BCUT2D eigenvalue weighted by atomic mass is 35.5. The number of hydrogen-bond donors (Lipinski definition) is 1. The number of thiazole rings is 1. The summed E-state index contributed by atoms with van der Waals surface area (Å²) in [6, 6.07) is 8.24. The second kappa shape index (κ2) is 7.37. The van der Waals surface area contributed by atoms with E-state index in [0.29, 0.717) is 17.4 Å². The molecule has 1 N–H and O–H groups in total. The predicted octanol–water partition coefficient (Wildman–Crippen LogP) is 4.75. The third-order valence-electron chi connectivity index (χ3n) is 4.38. The van der Waals surface area contributed by atoms with Crippen molar-refractivity contribution in [3.8, 4) is 16.3 Å². The molecule has 0 atom stereocenters.